The van der Waals surface area contributed by atoms with Crippen molar-refractivity contribution >= 4 is 11.4 Å². The summed E-state index contributed by atoms with van der Waals surface area (Å²) >= 11 is 0. The number of nitrogens with zero attached hydrogens (tertiary/aromatic N) is 1. The first kappa shape index (κ1) is 9.16. The SMILES string of the molecule is CC1CC=CC2=C1NC1Nc3ccccc3N21. The maximum absolute atomic E-state index is 3.59. The van der Waals surface area contributed by atoms with E-state index < -0.39 is 0 Å². The quantitative estimate of drug-likeness (QED) is 0.710. The topological polar surface area (TPSA) is 27.3 Å². The van der Waals surface area contributed by atoms with Gasteiger partial charge in [-0.25, -0.2) is 0 Å². The zero-order chi connectivity index (χ0) is 11.4. The first-order chi connectivity index (χ1) is 8.34. The molecule has 2 atom stereocenters. The van der Waals surface area contributed by atoms with Gasteiger partial charge >= 0.3 is 0 Å². The highest BCUT2D eigenvalue weighted by Crippen LogP contribution is 2.42. The minimum Gasteiger partial charge on any atom is -0.349 e. The molecule has 1 aromatic carbocycles. The van der Waals surface area contributed by atoms with Gasteiger partial charge in [0.1, 0.15) is 0 Å². The number of nitrogens with one attached hydrogen (secondary N) is 2. The Balaban J connectivity index is 1.85. The fraction of sp³-hybridized carbons (Fsp3) is 0.286. The van der Waals surface area contributed by atoms with Gasteiger partial charge in [0.05, 0.1) is 17.1 Å². The van der Waals surface area contributed by atoms with E-state index >= 15 is 0 Å². The lowest BCUT2D eigenvalue weighted by Crippen LogP contribution is -2.39. The second kappa shape index (κ2) is 3.06. The Morgan fingerprint density at radius 1 is 1.24 bits per heavy atom. The fourth-order valence-electron chi connectivity index (χ4n) is 2.94. The number of anilines is 2. The summed E-state index contributed by atoms with van der Waals surface area (Å²) < 4.78 is 0. The fourth-order valence-corrected chi connectivity index (χ4v) is 2.94. The van der Waals surface area contributed by atoms with Gasteiger partial charge in [-0.2, -0.15) is 0 Å². The number of benzene rings is 1. The molecule has 0 bridgehead atoms. The number of hydrogen-bond acceptors (Lipinski definition) is 3. The molecule has 3 nitrogen and oxygen atoms in total. The Morgan fingerprint density at radius 2 is 2.12 bits per heavy atom. The minimum absolute atomic E-state index is 0.197. The summed E-state index contributed by atoms with van der Waals surface area (Å²) in [5, 5.41) is 7.11. The largest absolute Gasteiger partial charge is 0.349 e. The van der Waals surface area contributed by atoms with Gasteiger partial charge in [-0.3, -0.25) is 4.90 Å². The smallest absolute Gasteiger partial charge is 0.180 e. The summed E-state index contributed by atoms with van der Waals surface area (Å²) in [5.41, 5.74) is 5.18. The Morgan fingerprint density at radius 3 is 3.06 bits per heavy atom. The Hall–Kier alpha value is -1.90. The third-order valence-electron chi connectivity index (χ3n) is 3.80. The average molecular weight is 225 g/mol. The normalized spacial score (nSPS) is 28.4. The Bertz CT molecular complexity index is 544. The van der Waals surface area contributed by atoms with Crippen LogP contribution >= 0.6 is 0 Å². The highest BCUT2D eigenvalue weighted by atomic mass is 15.5. The predicted molar refractivity (Wildman–Crippen MR) is 69.4 cm³/mol. The summed E-state index contributed by atoms with van der Waals surface area (Å²) in [6.45, 7) is 2.28. The van der Waals surface area contributed by atoms with Crippen molar-refractivity contribution in [3.63, 3.8) is 0 Å². The van der Waals surface area contributed by atoms with Gasteiger partial charge in [0.2, 0.25) is 0 Å². The van der Waals surface area contributed by atoms with E-state index in [1.807, 2.05) is 0 Å². The van der Waals surface area contributed by atoms with Crippen LogP contribution < -0.4 is 15.5 Å². The van der Waals surface area contributed by atoms with Crippen molar-refractivity contribution in [3.05, 3.63) is 47.8 Å². The summed E-state index contributed by atoms with van der Waals surface area (Å²) in [6.07, 6.45) is 5.84. The van der Waals surface area contributed by atoms with E-state index in [-0.39, 0.29) is 6.29 Å². The van der Waals surface area contributed by atoms with Crippen molar-refractivity contribution in [2.24, 2.45) is 5.92 Å². The number of rotatable bonds is 0. The lowest BCUT2D eigenvalue weighted by atomic mass is 9.97. The van der Waals surface area contributed by atoms with Crippen molar-refractivity contribution in [2.75, 3.05) is 10.2 Å². The average Bonchev–Trinajstić information content (AvgIpc) is 2.85. The Kier molecular flexibility index (Phi) is 1.65. The van der Waals surface area contributed by atoms with Crippen LogP contribution in [0.1, 0.15) is 13.3 Å². The summed E-state index contributed by atoms with van der Waals surface area (Å²) in [4.78, 5) is 2.36. The first-order valence-electron chi connectivity index (χ1n) is 6.16. The number of para-hydroxylation sites is 2. The zero-order valence-corrected chi connectivity index (χ0v) is 9.77. The molecule has 0 aromatic heterocycles. The van der Waals surface area contributed by atoms with Crippen molar-refractivity contribution in [1.82, 2.24) is 5.32 Å². The molecule has 1 aliphatic carbocycles. The van der Waals surface area contributed by atoms with Crippen molar-refractivity contribution in [2.45, 2.75) is 19.6 Å². The monoisotopic (exact) mass is 225 g/mol. The summed E-state index contributed by atoms with van der Waals surface area (Å²) in [7, 11) is 0. The summed E-state index contributed by atoms with van der Waals surface area (Å²) in [6, 6.07) is 8.47. The molecular formula is C14H15N3. The molecule has 0 saturated carbocycles. The van der Waals surface area contributed by atoms with Crippen LogP contribution in [0.15, 0.2) is 47.8 Å². The van der Waals surface area contributed by atoms with Gasteiger partial charge in [-0.05, 0) is 24.6 Å². The number of hydrogen-bond donors (Lipinski definition) is 2. The van der Waals surface area contributed by atoms with E-state index in [4.69, 9.17) is 0 Å². The second-order valence-corrected chi connectivity index (χ2v) is 4.92. The molecule has 2 aliphatic heterocycles. The first-order valence-corrected chi connectivity index (χ1v) is 6.16. The number of fused-ring (bicyclic) bond motifs is 4. The molecule has 2 unspecified atom stereocenters. The van der Waals surface area contributed by atoms with E-state index in [2.05, 4.69) is 58.9 Å². The van der Waals surface area contributed by atoms with Crippen molar-refractivity contribution in [3.8, 4) is 0 Å². The van der Waals surface area contributed by atoms with E-state index in [0.29, 0.717) is 5.92 Å². The van der Waals surface area contributed by atoms with Crippen LogP contribution in [0, 0.1) is 5.92 Å². The van der Waals surface area contributed by atoms with Crippen LogP contribution in [0.2, 0.25) is 0 Å². The highest BCUT2D eigenvalue weighted by molar-refractivity contribution is 5.80. The molecule has 4 rings (SSSR count). The molecule has 0 saturated heterocycles. The zero-order valence-electron chi connectivity index (χ0n) is 9.77. The molecule has 3 aliphatic rings. The van der Waals surface area contributed by atoms with Crippen LogP contribution in [0.4, 0.5) is 11.4 Å². The molecule has 2 heterocycles. The predicted octanol–water partition coefficient (Wildman–Crippen LogP) is 2.61. The molecule has 0 spiro atoms. The third kappa shape index (κ3) is 1.11. The van der Waals surface area contributed by atoms with Crippen LogP contribution in [0.3, 0.4) is 0 Å². The van der Waals surface area contributed by atoms with E-state index in [9.17, 15) is 0 Å². The van der Waals surface area contributed by atoms with E-state index in [1.54, 1.807) is 0 Å². The van der Waals surface area contributed by atoms with E-state index in [1.165, 1.54) is 22.8 Å². The van der Waals surface area contributed by atoms with Gasteiger partial charge in [0.25, 0.3) is 0 Å². The van der Waals surface area contributed by atoms with Gasteiger partial charge in [0.15, 0.2) is 6.29 Å². The number of allylic oxidation sites excluding steroid dienone is 3. The maximum Gasteiger partial charge on any atom is 0.180 e. The molecule has 3 heteroatoms. The molecule has 0 radical (unpaired) electrons. The van der Waals surface area contributed by atoms with Crippen LogP contribution in [0.25, 0.3) is 0 Å². The standard InChI is InChI=1S/C14H15N3/c1-9-5-4-8-12-13(9)16-14-15-10-6-2-3-7-11(10)17(12)14/h2-4,6-9,14-16H,5H2,1H3. The van der Waals surface area contributed by atoms with Gasteiger partial charge in [-0.1, -0.05) is 25.1 Å². The van der Waals surface area contributed by atoms with Crippen molar-refractivity contribution in [1.29, 1.82) is 0 Å². The molecular weight excluding hydrogens is 210 g/mol. The van der Waals surface area contributed by atoms with Crippen LogP contribution in [-0.4, -0.2) is 6.29 Å². The second-order valence-electron chi connectivity index (χ2n) is 4.92. The van der Waals surface area contributed by atoms with Gasteiger partial charge in [0, 0.05) is 11.6 Å². The van der Waals surface area contributed by atoms with Gasteiger partial charge in [-0.15, -0.1) is 0 Å². The molecule has 1 aromatic rings. The Labute approximate surface area is 101 Å². The van der Waals surface area contributed by atoms with Gasteiger partial charge < -0.3 is 10.6 Å². The minimum atomic E-state index is 0.197. The molecule has 17 heavy (non-hydrogen) atoms. The van der Waals surface area contributed by atoms with E-state index in [0.717, 1.165) is 6.42 Å². The highest BCUT2D eigenvalue weighted by Gasteiger charge is 2.39. The lowest BCUT2D eigenvalue weighted by Gasteiger charge is -2.20. The van der Waals surface area contributed by atoms with Crippen LogP contribution in [-0.2, 0) is 0 Å². The van der Waals surface area contributed by atoms with Crippen molar-refractivity contribution < 1.29 is 0 Å². The maximum atomic E-state index is 3.59. The molecule has 0 amide bonds. The lowest BCUT2D eigenvalue weighted by molar-refractivity contribution is 0.597. The summed E-state index contributed by atoms with van der Waals surface area (Å²) in [5.74, 6) is 0.592. The molecule has 0 fully saturated rings. The van der Waals surface area contributed by atoms with Crippen LogP contribution in [0.5, 0.6) is 0 Å². The molecule has 2 N–H and O–H groups in total. The molecule has 86 valence electrons. The third-order valence-corrected chi connectivity index (χ3v) is 3.80.